The van der Waals surface area contributed by atoms with E-state index in [-0.39, 0.29) is 36.5 Å². The second-order valence-corrected chi connectivity index (χ2v) is 9.36. The van der Waals surface area contributed by atoms with Gasteiger partial charge >= 0.3 is 11.9 Å². The maximum absolute atomic E-state index is 13.5. The second-order valence-electron chi connectivity index (χ2n) is 9.36. The van der Waals surface area contributed by atoms with Gasteiger partial charge in [-0.05, 0) is 37.2 Å². The zero-order chi connectivity index (χ0) is 20.4. The molecule has 7 atom stereocenters. The minimum absolute atomic E-state index is 0.0465. The Balaban J connectivity index is 1.61. The van der Waals surface area contributed by atoms with Crippen LogP contribution in [0.1, 0.15) is 57.6 Å². The van der Waals surface area contributed by atoms with Gasteiger partial charge in [0.15, 0.2) is 0 Å². The van der Waals surface area contributed by atoms with Gasteiger partial charge < -0.3 is 23.7 Å². The number of hydrogen-bond acceptors (Lipinski definition) is 7. The Kier molecular flexibility index (Phi) is 4.17. The fourth-order valence-electron chi connectivity index (χ4n) is 6.93. The van der Waals surface area contributed by atoms with Crippen molar-refractivity contribution >= 4 is 11.9 Å². The van der Waals surface area contributed by atoms with Crippen molar-refractivity contribution in [2.75, 3.05) is 13.2 Å². The van der Waals surface area contributed by atoms with Gasteiger partial charge in [0, 0.05) is 18.9 Å². The first kappa shape index (κ1) is 19.1. The predicted molar refractivity (Wildman–Crippen MR) is 99.5 cm³/mol. The van der Waals surface area contributed by atoms with Gasteiger partial charge in [0.25, 0.3) is 0 Å². The number of ether oxygens (including phenoxy) is 3. The first-order chi connectivity index (χ1) is 13.9. The summed E-state index contributed by atoms with van der Waals surface area (Å²) in [6.07, 6.45) is 5.93. The van der Waals surface area contributed by atoms with Crippen LogP contribution in [0.5, 0.6) is 0 Å². The average Bonchev–Trinajstić information content (AvgIpc) is 3.12. The molecular formula is C22H28O7. The molecule has 2 saturated carbocycles. The monoisotopic (exact) mass is 404 g/mol. The van der Waals surface area contributed by atoms with Gasteiger partial charge in [0.05, 0.1) is 36.6 Å². The van der Waals surface area contributed by atoms with Crippen LogP contribution in [0, 0.1) is 22.7 Å². The summed E-state index contributed by atoms with van der Waals surface area (Å²) >= 11 is 0. The number of fused-ring (bicyclic) bond motifs is 3. The topological polar surface area (TPSA) is 98.5 Å². The summed E-state index contributed by atoms with van der Waals surface area (Å²) in [6, 6.07) is 1.83. The lowest BCUT2D eigenvalue weighted by molar-refractivity contribution is -0.225. The highest BCUT2D eigenvalue weighted by Crippen LogP contribution is 2.71. The Morgan fingerprint density at radius 1 is 1.41 bits per heavy atom. The van der Waals surface area contributed by atoms with E-state index in [1.54, 1.807) is 12.5 Å². The van der Waals surface area contributed by atoms with Gasteiger partial charge in [0.1, 0.15) is 17.8 Å². The molecular weight excluding hydrogens is 376 g/mol. The molecule has 2 saturated heterocycles. The number of cyclic esters (lactones) is 1. The highest BCUT2D eigenvalue weighted by molar-refractivity contribution is 5.81. The van der Waals surface area contributed by atoms with E-state index in [9.17, 15) is 14.7 Å². The third kappa shape index (κ3) is 2.37. The number of aliphatic hydroxyl groups is 1. The van der Waals surface area contributed by atoms with Crippen molar-refractivity contribution in [3.63, 3.8) is 0 Å². The smallest absolute Gasteiger partial charge is 0.313 e. The van der Waals surface area contributed by atoms with Gasteiger partial charge in [-0.25, -0.2) is 0 Å². The quantitative estimate of drug-likeness (QED) is 0.611. The van der Waals surface area contributed by atoms with E-state index >= 15 is 0 Å². The lowest BCUT2D eigenvalue weighted by Crippen LogP contribution is -2.68. The van der Waals surface area contributed by atoms with E-state index in [0.717, 1.165) is 24.8 Å². The number of aliphatic hydroxyl groups excluding tert-OH is 1. The van der Waals surface area contributed by atoms with Crippen molar-refractivity contribution < 1.29 is 33.3 Å². The van der Waals surface area contributed by atoms with E-state index < -0.39 is 22.5 Å². The Labute approximate surface area is 169 Å². The first-order valence-corrected chi connectivity index (χ1v) is 10.5. The molecule has 0 radical (unpaired) electrons. The van der Waals surface area contributed by atoms with Crippen LogP contribution in [0.25, 0.3) is 0 Å². The third-order valence-electron chi connectivity index (χ3n) is 8.32. The molecule has 2 aliphatic heterocycles. The van der Waals surface area contributed by atoms with Crippen molar-refractivity contribution in [2.24, 2.45) is 22.7 Å². The van der Waals surface area contributed by atoms with Gasteiger partial charge in [-0.3, -0.25) is 9.59 Å². The molecule has 0 aromatic carbocycles. The summed E-state index contributed by atoms with van der Waals surface area (Å²) in [5.74, 6) is -0.794. The minimum Gasteiger partial charge on any atom is -0.472 e. The van der Waals surface area contributed by atoms with Crippen molar-refractivity contribution in [1.29, 1.82) is 0 Å². The van der Waals surface area contributed by atoms with Gasteiger partial charge in [-0.2, -0.15) is 0 Å². The van der Waals surface area contributed by atoms with Crippen LogP contribution in [-0.4, -0.2) is 42.0 Å². The molecule has 4 fully saturated rings. The van der Waals surface area contributed by atoms with E-state index in [0.29, 0.717) is 19.4 Å². The largest absolute Gasteiger partial charge is 0.472 e. The molecule has 29 heavy (non-hydrogen) atoms. The molecule has 7 heteroatoms. The van der Waals surface area contributed by atoms with E-state index in [4.69, 9.17) is 18.6 Å². The number of rotatable bonds is 3. The Morgan fingerprint density at radius 3 is 2.83 bits per heavy atom. The standard InChI is InChI=1S/C22H28O7/c1-13-8-18(28-14(2)24)22(11-23)17(4-3-6-20(22)12-27-20)21(13)9-16(29-19(21)25)15-5-7-26-10-15/h5,7,10,13,16-18,23H,3-4,6,8-9,11-12H2,1-2H3. The lowest BCUT2D eigenvalue weighted by Gasteiger charge is -2.61. The molecule has 158 valence electrons. The zero-order valence-corrected chi connectivity index (χ0v) is 16.9. The van der Waals surface area contributed by atoms with Crippen LogP contribution in [0.15, 0.2) is 23.0 Å². The number of carbonyl (C=O) groups is 2. The van der Waals surface area contributed by atoms with E-state index in [1.807, 2.05) is 13.0 Å². The summed E-state index contributed by atoms with van der Waals surface area (Å²) in [4.78, 5) is 25.4. The summed E-state index contributed by atoms with van der Waals surface area (Å²) in [5, 5.41) is 10.8. The maximum atomic E-state index is 13.5. The maximum Gasteiger partial charge on any atom is 0.313 e. The molecule has 7 nitrogen and oxygen atoms in total. The Hall–Kier alpha value is -1.86. The number of carbonyl (C=O) groups excluding carboxylic acids is 2. The molecule has 1 N–H and O–H groups in total. The van der Waals surface area contributed by atoms with Crippen LogP contribution in [0.4, 0.5) is 0 Å². The molecule has 1 aromatic rings. The lowest BCUT2D eigenvalue weighted by atomic mass is 9.42. The van der Waals surface area contributed by atoms with Crippen molar-refractivity contribution in [2.45, 2.75) is 63.8 Å². The zero-order valence-electron chi connectivity index (χ0n) is 16.9. The molecule has 0 bridgehead atoms. The molecule has 5 rings (SSSR count). The molecule has 3 heterocycles. The van der Waals surface area contributed by atoms with Crippen molar-refractivity contribution in [1.82, 2.24) is 0 Å². The molecule has 1 aromatic heterocycles. The SMILES string of the molecule is CC(=O)OC1CC(C)C2(CC(c3ccoc3)OC2=O)C2CCCC3(CO3)C12CO. The van der Waals surface area contributed by atoms with Crippen molar-refractivity contribution in [3.8, 4) is 0 Å². The Bertz CT molecular complexity index is 813. The molecule has 2 aliphatic carbocycles. The Morgan fingerprint density at radius 2 is 2.21 bits per heavy atom. The molecule has 2 spiro atoms. The number of esters is 2. The summed E-state index contributed by atoms with van der Waals surface area (Å²) in [7, 11) is 0. The van der Waals surface area contributed by atoms with E-state index in [2.05, 4.69) is 0 Å². The van der Waals surface area contributed by atoms with Gasteiger partial charge in [-0.1, -0.05) is 13.3 Å². The summed E-state index contributed by atoms with van der Waals surface area (Å²) in [5.41, 5.74) is -1.19. The van der Waals surface area contributed by atoms with Crippen LogP contribution in [0.3, 0.4) is 0 Å². The average molecular weight is 404 g/mol. The highest BCUT2D eigenvalue weighted by Gasteiger charge is 2.77. The predicted octanol–water partition coefficient (Wildman–Crippen LogP) is 2.77. The third-order valence-corrected chi connectivity index (χ3v) is 8.32. The normalized spacial score (nSPS) is 45.8. The number of furan rings is 1. The minimum atomic E-state index is -0.784. The van der Waals surface area contributed by atoms with Gasteiger partial charge in [0.2, 0.25) is 0 Å². The van der Waals surface area contributed by atoms with Crippen LogP contribution in [0.2, 0.25) is 0 Å². The highest BCUT2D eigenvalue weighted by atomic mass is 16.6. The summed E-state index contributed by atoms with van der Waals surface area (Å²) in [6.45, 7) is 3.81. The van der Waals surface area contributed by atoms with Crippen molar-refractivity contribution in [3.05, 3.63) is 24.2 Å². The fourth-order valence-corrected chi connectivity index (χ4v) is 6.93. The van der Waals surface area contributed by atoms with Crippen LogP contribution >= 0.6 is 0 Å². The molecule has 4 aliphatic rings. The molecule has 7 unspecified atom stereocenters. The molecule has 0 amide bonds. The first-order valence-electron chi connectivity index (χ1n) is 10.5. The second kappa shape index (κ2) is 6.32. The van der Waals surface area contributed by atoms with Crippen LogP contribution < -0.4 is 0 Å². The van der Waals surface area contributed by atoms with Gasteiger partial charge in [-0.15, -0.1) is 0 Å². The number of epoxide rings is 1. The fraction of sp³-hybridized carbons (Fsp3) is 0.727. The van der Waals surface area contributed by atoms with E-state index in [1.165, 1.54) is 6.92 Å². The van der Waals surface area contributed by atoms with Crippen LogP contribution in [-0.2, 0) is 23.8 Å². The number of hydrogen-bond donors (Lipinski definition) is 1. The summed E-state index contributed by atoms with van der Waals surface area (Å²) < 4.78 is 22.8.